The minimum Gasteiger partial charge on any atom is -0.481 e. The lowest BCUT2D eigenvalue weighted by atomic mass is 10.2. The molecule has 1 radical (unpaired) electrons. The number of nitrogens with zero attached hydrogens (tertiary/aromatic N) is 1. The molecule has 16 heavy (non-hydrogen) atoms. The van der Waals surface area contributed by atoms with Gasteiger partial charge in [-0.2, -0.15) is 11.8 Å². The molecule has 0 aromatic heterocycles. The van der Waals surface area contributed by atoms with E-state index in [1.165, 1.54) is 0 Å². The molecule has 0 atom stereocenters. The van der Waals surface area contributed by atoms with Gasteiger partial charge in [0.05, 0.1) is 13.0 Å². The van der Waals surface area contributed by atoms with Gasteiger partial charge in [0.2, 0.25) is 5.91 Å². The van der Waals surface area contributed by atoms with Gasteiger partial charge in [0.15, 0.2) is 0 Å². The molecular formula is C11H18NO3S. The van der Waals surface area contributed by atoms with Gasteiger partial charge in [-0.05, 0) is 12.8 Å². The predicted molar refractivity (Wildman–Crippen MR) is 64.1 cm³/mol. The summed E-state index contributed by atoms with van der Waals surface area (Å²) in [6, 6.07) is 0. The highest BCUT2D eigenvalue weighted by atomic mass is 32.2. The molecule has 91 valence electrons. The highest BCUT2D eigenvalue weighted by Gasteiger charge is 2.15. The Balaban J connectivity index is 2.10. The van der Waals surface area contributed by atoms with Gasteiger partial charge in [-0.1, -0.05) is 6.42 Å². The Morgan fingerprint density at radius 3 is 3.00 bits per heavy atom. The standard InChI is InChI=1S/C11H18NO3S/c13-10-4-2-1-3-6-12(10)7-9-16-8-5-11(14)15/h7H,1-6,8-9H2,(H,14,15). The molecule has 1 heterocycles. The molecule has 0 bridgehead atoms. The molecule has 1 amide bonds. The van der Waals surface area contributed by atoms with E-state index < -0.39 is 5.97 Å². The normalized spacial score (nSPS) is 17.2. The van der Waals surface area contributed by atoms with Crippen LogP contribution < -0.4 is 0 Å². The average molecular weight is 244 g/mol. The Bertz CT molecular complexity index is 245. The summed E-state index contributed by atoms with van der Waals surface area (Å²) in [4.78, 5) is 23.6. The van der Waals surface area contributed by atoms with Crippen molar-refractivity contribution in [1.29, 1.82) is 0 Å². The molecule has 0 aromatic carbocycles. The Hall–Kier alpha value is -0.710. The van der Waals surface area contributed by atoms with E-state index in [0.717, 1.165) is 31.6 Å². The summed E-state index contributed by atoms with van der Waals surface area (Å²) in [5.41, 5.74) is 0. The maximum Gasteiger partial charge on any atom is 0.304 e. The van der Waals surface area contributed by atoms with Crippen molar-refractivity contribution < 1.29 is 14.7 Å². The summed E-state index contributed by atoms with van der Waals surface area (Å²) in [7, 11) is 0. The van der Waals surface area contributed by atoms with Crippen molar-refractivity contribution in [2.75, 3.05) is 18.1 Å². The Kier molecular flexibility index (Phi) is 6.30. The van der Waals surface area contributed by atoms with Gasteiger partial charge in [0.25, 0.3) is 0 Å². The number of carbonyl (C=O) groups excluding carboxylic acids is 1. The smallest absolute Gasteiger partial charge is 0.304 e. The lowest BCUT2D eigenvalue weighted by Gasteiger charge is -2.19. The lowest BCUT2D eigenvalue weighted by molar-refractivity contribution is -0.136. The zero-order valence-corrected chi connectivity index (χ0v) is 10.2. The van der Waals surface area contributed by atoms with Crippen molar-refractivity contribution in [3.05, 3.63) is 6.54 Å². The Morgan fingerprint density at radius 1 is 1.44 bits per heavy atom. The molecule has 0 aliphatic carbocycles. The fourth-order valence-electron chi connectivity index (χ4n) is 1.58. The number of likely N-dealkylation sites (tertiary alicyclic amines) is 1. The van der Waals surface area contributed by atoms with Gasteiger partial charge in [-0.25, -0.2) is 0 Å². The molecule has 0 aromatic rings. The monoisotopic (exact) mass is 244 g/mol. The number of hydrogen-bond donors (Lipinski definition) is 1. The SMILES string of the molecule is O=C(O)CCSC[CH]N1CCCCCC1=O. The maximum absolute atomic E-state index is 11.6. The average Bonchev–Trinajstić information content (AvgIpc) is 2.43. The lowest BCUT2D eigenvalue weighted by Crippen LogP contribution is -2.28. The molecule has 1 aliphatic heterocycles. The molecule has 0 spiro atoms. The van der Waals surface area contributed by atoms with Crippen molar-refractivity contribution in [3.63, 3.8) is 0 Å². The highest BCUT2D eigenvalue weighted by Crippen LogP contribution is 2.14. The number of carboxylic acids is 1. The largest absolute Gasteiger partial charge is 0.481 e. The van der Waals surface area contributed by atoms with Crippen molar-refractivity contribution in [3.8, 4) is 0 Å². The van der Waals surface area contributed by atoms with Crippen LogP contribution in [-0.4, -0.2) is 39.9 Å². The van der Waals surface area contributed by atoms with Crippen LogP contribution in [0.25, 0.3) is 0 Å². The number of carbonyl (C=O) groups is 2. The molecule has 1 N–H and O–H groups in total. The summed E-state index contributed by atoms with van der Waals surface area (Å²) in [5, 5.41) is 8.45. The van der Waals surface area contributed by atoms with E-state index in [0.29, 0.717) is 12.2 Å². The van der Waals surface area contributed by atoms with Gasteiger partial charge < -0.3 is 10.0 Å². The van der Waals surface area contributed by atoms with Crippen LogP contribution >= 0.6 is 11.8 Å². The zero-order valence-electron chi connectivity index (χ0n) is 9.35. The van der Waals surface area contributed by atoms with E-state index in [1.54, 1.807) is 16.7 Å². The van der Waals surface area contributed by atoms with Gasteiger partial charge in [-0.15, -0.1) is 0 Å². The number of carboxylic acid groups (broad SMARTS) is 1. The molecule has 1 fully saturated rings. The van der Waals surface area contributed by atoms with Gasteiger partial charge in [-0.3, -0.25) is 9.59 Å². The first-order valence-corrected chi connectivity index (χ1v) is 6.78. The molecule has 4 nitrogen and oxygen atoms in total. The fourth-order valence-corrected chi connectivity index (χ4v) is 2.35. The molecule has 1 saturated heterocycles. The molecule has 1 aliphatic rings. The van der Waals surface area contributed by atoms with Crippen LogP contribution in [0, 0.1) is 6.54 Å². The van der Waals surface area contributed by atoms with Crippen LogP contribution in [0.15, 0.2) is 0 Å². The Labute approximate surface area is 100 Å². The third-order valence-electron chi connectivity index (χ3n) is 2.48. The number of hydrogen-bond acceptors (Lipinski definition) is 3. The minimum atomic E-state index is -0.765. The summed E-state index contributed by atoms with van der Waals surface area (Å²) in [6.45, 7) is 2.72. The third-order valence-corrected chi connectivity index (χ3v) is 3.36. The fraction of sp³-hybridized carbons (Fsp3) is 0.727. The van der Waals surface area contributed by atoms with Crippen LogP contribution in [0.3, 0.4) is 0 Å². The van der Waals surface area contributed by atoms with Gasteiger partial charge >= 0.3 is 5.97 Å². The zero-order chi connectivity index (χ0) is 11.8. The Morgan fingerprint density at radius 2 is 2.25 bits per heavy atom. The third kappa shape index (κ3) is 5.39. The summed E-state index contributed by atoms with van der Waals surface area (Å²) in [6.07, 6.45) is 4.03. The second-order valence-corrected chi connectivity index (χ2v) is 4.95. The van der Waals surface area contributed by atoms with Crippen LogP contribution in [0.4, 0.5) is 0 Å². The topological polar surface area (TPSA) is 57.6 Å². The molecule has 5 heteroatoms. The maximum atomic E-state index is 11.6. The first-order chi connectivity index (χ1) is 7.70. The van der Waals surface area contributed by atoms with Gasteiger partial charge in [0, 0.05) is 24.5 Å². The number of thioether (sulfide) groups is 1. The first kappa shape index (κ1) is 13.4. The van der Waals surface area contributed by atoms with Crippen molar-refractivity contribution in [2.45, 2.75) is 32.1 Å². The first-order valence-electron chi connectivity index (χ1n) is 5.62. The van der Waals surface area contributed by atoms with Crippen molar-refractivity contribution >= 4 is 23.6 Å². The summed E-state index contributed by atoms with van der Waals surface area (Å²) >= 11 is 1.55. The number of aliphatic carboxylic acids is 1. The van der Waals surface area contributed by atoms with E-state index in [-0.39, 0.29) is 12.3 Å². The summed E-state index contributed by atoms with van der Waals surface area (Å²) < 4.78 is 0. The van der Waals surface area contributed by atoms with E-state index in [1.807, 2.05) is 6.54 Å². The predicted octanol–water partition coefficient (Wildman–Crippen LogP) is 1.76. The van der Waals surface area contributed by atoms with E-state index in [4.69, 9.17) is 5.11 Å². The van der Waals surface area contributed by atoms with Crippen LogP contribution in [0.5, 0.6) is 0 Å². The quantitative estimate of drug-likeness (QED) is 0.723. The van der Waals surface area contributed by atoms with E-state index >= 15 is 0 Å². The van der Waals surface area contributed by atoms with E-state index in [9.17, 15) is 9.59 Å². The van der Waals surface area contributed by atoms with Crippen molar-refractivity contribution in [2.24, 2.45) is 0 Å². The minimum absolute atomic E-state index is 0.187. The van der Waals surface area contributed by atoms with Crippen LogP contribution in [-0.2, 0) is 9.59 Å². The number of amides is 1. The molecule has 0 saturated carbocycles. The van der Waals surface area contributed by atoms with Crippen molar-refractivity contribution in [1.82, 2.24) is 4.90 Å². The number of rotatable bonds is 6. The highest BCUT2D eigenvalue weighted by molar-refractivity contribution is 7.99. The van der Waals surface area contributed by atoms with E-state index in [2.05, 4.69) is 0 Å². The van der Waals surface area contributed by atoms with Crippen LogP contribution in [0.2, 0.25) is 0 Å². The second-order valence-electron chi connectivity index (χ2n) is 3.80. The van der Waals surface area contributed by atoms with Gasteiger partial charge in [0.1, 0.15) is 0 Å². The second kappa shape index (κ2) is 7.54. The molecule has 1 rings (SSSR count). The molecular weight excluding hydrogens is 226 g/mol. The van der Waals surface area contributed by atoms with Crippen LogP contribution in [0.1, 0.15) is 32.1 Å². The summed E-state index contributed by atoms with van der Waals surface area (Å²) in [5.74, 6) is 0.766. The molecule has 0 unspecified atom stereocenters.